The molecule has 3 aromatic rings. The van der Waals surface area contributed by atoms with Gasteiger partial charge in [-0.2, -0.15) is 9.97 Å². The van der Waals surface area contributed by atoms with Crippen molar-refractivity contribution < 1.29 is 9.53 Å². The minimum atomic E-state index is -0.520. The molecule has 0 fully saturated rings. The molecule has 0 spiro atoms. The zero-order chi connectivity index (χ0) is 14.1. The van der Waals surface area contributed by atoms with Crippen LogP contribution in [0.4, 0.5) is 5.95 Å². The molecule has 0 radical (unpaired) electrons. The number of nitrogens with one attached hydrogen (secondary N) is 2. The zero-order valence-corrected chi connectivity index (χ0v) is 10.7. The van der Waals surface area contributed by atoms with Crippen molar-refractivity contribution in [1.29, 1.82) is 0 Å². The van der Waals surface area contributed by atoms with Gasteiger partial charge in [0.25, 0.3) is 11.7 Å². The van der Waals surface area contributed by atoms with E-state index in [2.05, 4.69) is 35.6 Å². The number of fused-ring (bicyclic) bond motifs is 1. The number of methoxy groups -OCH3 is 1. The van der Waals surface area contributed by atoms with Gasteiger partial charge in [0.2, 0.25) is 11.8 Å². The zero-order valence-electron chi connectivity index (χ0n) is 10.7. The highest BCUT2D eigenvalue weighted by atomic mass is 16.5. The van der Waals surface area contributed by atoms with E-state index in [9.17, 15) is 4.79 Å². The molecule has 3 aromatic heterocycles. The van der Waals surface area contributed by atoms with E-state index in [0.29, 0.717) is 5.78 Å². The molecule has 0 bridgehead atoms. The fourth-order valence-electron chi connectivity index (χ4n) is 1.56. The third-order valence-corrected chi connectivity index (χ3v) is 2.51. The number of rotatable bonds is 3. The van der Waals surface area contributed by atoms with Crippen LogP contribution in [0.25, 0.3) is 5.78 Å². The number of hydrogen-bond acceptors (Lipinski definition) is 7. The van der Waals surface area contributed by atoms with Crippen LogP contribution < -0.4 is 10.1 Å². The monoisotopic (exact) mass is 274 g/mol. The van der Waals surface area contributed by atoms with Crippen LogP contribution in [0.5, 0.6) is 6.01 Å². The quantitative estimate of drug-likeness (QED) is 0.678. The van der Waals surface area contributed by atoms with E-state index in [0.717, 1.165) is 5.69 Å². The maximum atomic E-state index is 12.0. The van der Waals surface area contributed by atoms with Gasteiger partial charge in [0, 0.05) is 11.9 Å². The summed E-state index contributed by atoms with van der Waals surface area (Å²) in [4.78, 5) is 23.9. The molecule has 2 N–H and O–H groups in total. The van der Waals surface area contributed by atoms with Crippen LogP contribution >= 0.6 is 0 Å². The molecule has 0 saturated carbocycles. The van der Waals surface area contributed by atoms with Crippen LogP contribution in [0.3, 0.4) is 0 Å². The number of aromatic amines is 1. The fraction of sp³-hybridized carbons (Fsp3) is 0.200. The van der Waals surface area contributed by atoms with Crippen LogP contribution in [0.15, 0.2) is 12.3 Å². The fourth-order valence-corrected chi connectivity index (χ4v) is 1.56. The number of carbonyl (C=O) groups is 1. The van der Waals surface area contributed by atoms with E-state index < -0.39 is 5.91 Å². The Morgan fingerprint density at radius 2 is 2.30 bits per heavy atom. The van der Waals surface area contributed by atoms with Gasteiger partial charge in [0.1, 0.15) is 0 Å². The highest BCUT2D eigenvalue weighted by molar-refractivity contribution is 6.00. The number of carbonyl (C=O) groups excluding carboxylic acids is 1. The molecule has 0 unspecified atom stereocenters. The van der Waals surface area contributed by atoms with Crippen molar-refractivity contribution in [2.45, 2.75) is 6.92 Å². The number of H-pyrrole nitrogens is 1. The average molecular weight is 274 g/mol. The Kier molecular flexibility index (Phi) is 2.75. The van der Waals surface area contributed by atoms with Gasteiger partial charge in [-0.05, 0) is 13.0 Å². The Hall–Kier alpha value is -3.04. The summed E-state index contributed by atoms with van der Waals surface area (Å²) in [6.45, 7) is 1.84. The molecule has 0 atom stereocenters. The number of ether oxygens (including phenoxy) is 1. The standard InChI is InChI=1S/C10H10N8O2/c1-5-3-4-11-9-12-6(17-18(5)9)7(19)13-8-14-10(20-2)16-15-8/h3-4H,1-2H3,(H2,13,14,15,16,19). The summed E-state index contributed by atoms with van der Waals surface area (Å²) in [5.41, 5.74) is 0.822. The number of amides is 1. The van der Waals surface area contributed by atoms with Crippen LogP contribution in [0.1, 0.15) is 16.3 Å². The molecule has 0 aromatic carbocycles. The molecule has 0 aliphatic carbocycles. The number of nitrogens with zero attached hydrogens (tertiary/aromatic N) is 6. The van der Waals surface area contributed by atoms with Crippen LogP contribution in [-0.2, 0) is 0 Å². The minimum Gasteiger partial charge on any atom is -0.466 e. The lowest BCUT2D eigenvalue weighted by atomic mass is 10.5. The first kappa shape index (κ1) is 12.0. The molecule has 1 amide bonds. The van der Waals surface area contributed by atoms with Crippen molar-refractivity contribution in [3.63, 3.8) is 0 Å². The van der Waals surface area contributed by atoms with E-state index in [-0.39, 0.29) is 17.8 Å². The van der Waals surface area contributed by atoms with Gasteiger partial charge >= 0.3 is 6.01 Å². The van der Waals surface area contributed by atoms with E-state index in [1.54, 1.807) is 12.3 Å². The van der Waals surface area contributed by atoms with E-state index in [4.69, 9.17) is 4.74 Å². The van der Waals surface area contributed by atoms with Crippen LogP contribution in [0.2, 0.25) is 0 Å². The molecule has 0 aliphatic rings. The van der Waals surface area contributed by atoms with Crippen LogP contribution in [0, 0.1) is 6.92 Å². The SMILES string of the molecule is COc1n[nH]c(NC(=O)c2nc3nccc(C)n3n2)n1. The van der Waals surface area contributed by atoms with Gasteiger partial charge in [-0.15, -0.1) is 10.2 Å². The van der Waals surface area contributed by atoms with Gasteiger partial charge in [0.15, 0.2) is 0 Å². The van der Waals surface area contributed by atoms with E-state index in [1.807, 2.05) is 6.92 Å². The molecule has 3 rings (SSSR count). The van der Waals surface area contributed by atoms with Crippen molar-refractivity contribution in [2.75, 3.05) is 12.4 Å². The maximum absolute atomic E-state index is 12.0. The summed E-state index contributed by atoms with van der Waals surface area (Å²) in [5.74, 6) is -0.0310. The minimum absolute atomic E-state index is 0.0119. The van der Waals surface area contributed by atoms with Crippen LogP contribution in [-0.4, -0.2) is 47.8 Å². The van der Waals surface area contributed by atoms with Gasteiger partial charge in [-0.25, -0.2) is 14.6 Å². The third kappa shape index (κ3) is 2.02. The molecule has 0 saturated heterocycles. The number of aromatic nitrogens is 7. The normalized spacial score (nSPS) is 10.7. The maximum Gasteiger partial charge on any atom is 0.336 e. The molecule has 20 heavy (non-hydrogen) atoms. The summed E-state index contributed by atoms with van der Waals surface area (Å²) in [5, 5.41) is 12.8. The summed E-state index contributed by atoms with van der Waals surface area (Å²) in [7, 11) is 1.42. The molecule has 3 heterocycles. The lowest BCUT2D eigenvalue weighted by Crippen LogP contribution is -2.15. The first-order chi connectivity index (χ1) is 9.67. The number of hydrogen-bond donors (Lipinski definition) is 2. The highest BCUT2D eigenvalue weighted by Gasteiger charge is 2.16. The van der Waals surface area contributed by atoms with Crippen molar-refractivity contribution in [3.8, 4) is 6.01 Å². The lowest BCUT2D eigenvalue weighted by molar-refractivity contribution is 0.101. The Morgan fingerprint density at radius 3 is 3.00 bits per heavy atom. The third-order valence-electron chi connectivity index (χ3n) is 2.51. The number of anilines is 1. The lowest BCUT2D eigenvalue weighted by Gasteiger charge is -1.95. The molecule has 10 heteroatoms. The Balaban J connectivity index is 1.86. The summed E-state index contributed by atoms with van der Waals surface area (Å²) in [6.07, 6.45) is 1.60. The van der Waals surface area contributed by atoms with Gasteiger partial charge in [0.05, 0.1) is 7.11 Å². The molecule has 0 aliphatic heterocycles. The second kappa shape index (κ2) is 4.57. The second-order valence-corrected chi connectivity index (χ2v) is 3.86. The average Bonchev–Trinajstić information content (AvgIpc) is 3.05. The summed E-state index contributed by atoms with van der Waals surface area (Å²) >= 11 is 0. The first-order valence-electron chi connectivity index (χ1n) is 5.63. The first-order valence-corrected chi connectivity index (χ1v) is 5.63. The smallest absolute Gasteiger partial charge is 0.336 e. The van der Waals surface area contributed by atoms with E-state index >= 15 is 0 Å². The molecular weight excluding hydrogens is 264 g/mol. The molecular formula is C10H10N8O2. The van der Waals surface area contributed by atoms with Crippen molar-refractivity contribution in [2.24, 2.45) is 0 Å². The Labute approximate surface area is 112 Å². The van der Waals surface area contributed by atoms with E-state index in [1.165, 1.54) is 11.6 Å². The Bertz CT molecular complexity index is 777. The van der Waals surface area contributed by atoms with Gasteiger partial charge in [-0.1, -0.05) is 0 Å². The molecule has 102 valence electrons. The predicted octanol–water partition coefficient (Wildman–Crippen LogP) is -0.188. The van der Waals surface area contributed by atoms with Crippen molar-refractivity contribution >= 4 is 17.6 Å². The predicted molar refractivity (Wildman–Crippen MR) is 66.4 cm³/mol. The molecule has 10 nitrogen and oxygen atoms in total. The highest BCUT2D eigenvalue weighted by Crippen LogP contribution is 2.07. The largest absolute Gasteiger partial charge is 0.466 e. The summed E-state index contributed by atoms with van der Waals surface area (Å²) in [6, 6.07) is 1.89. The summed E-state index contributed by atoms with van der Waals surface area (Å²) < 4.78 is 6.28. The second-order valence-electron chi connectivity index (χ2n) is 3.86. The van der Waals surface area contributed by atoms with Crippen molar-refractivity contribution in [1.82, 2.24) is 34.8 Å². The van der Waals surface area contributed by atoms with Gasteiger partial charge in [-0.3, -0.25) is 10.1 Å². The van der Waals surface area contributed by atoms with Gasteiger partial charge < -0.3 is 4.74 Å². The number of aryl methyl sites for hydroxylation is 1. The Morgan fingerprint density at radius 1 is 1.45 bits per heavy atom. The topological polar surface area (TPSA) is 123 Å². The van der Waals surface area contributed by atoms with Crippen molar-refractivity contribution in [3.05, 3.63) is 23.8 Å².